The van der Waals surface area contributed by atoms with Crippen molar-refractivity contribution in [1.82, 2.24) is 9.55 Å². The average molecular weight is 433 g/mol. The average Bonchev–Trinajstić information content (AvgIpc) is 2.81. The number of benzene rings is 2. The molecule has 1 aliphatic heterocycles. The zero-order valence-electron chi connectivity index (χ0n) is 17.8. The van der Waals surface area contributed by atoms with E-state index in [1.165, 1.54) is 6.08 Å². The fourth-order valence-corrected chi connectivity index (χ4v) is 3.60. The van der Waals surface area contributed by atoms with Gasteiger partial charge in [0.15, 0.2) is 0 Å². The SMILES string of the molecule is COc1cccc(COC(=O)C2=Cc3c([nH]c(=O)n(Cc4ccccc4)c3=O)N(C)C2)c1. The summed E-state index contributed by atoms with van der Waals surface area (Å²) < 4.78 is 11.8. The van der Waals surface area contributed by atoms with Gasteiger partial charge in [-0.2, -0.15) is 0 Å². The van der Waals surface area contributed by atoms with Crippen molar-refractivity contribution >= 4 is 17.9 Å². The highest BCUT2D eigenvalue weighted by Crippen LogP contribution is 2.23. The molecule has 0 spiro atoms. The molecule has 8 heteroatoms. The number of likely N-dealkylation sites (N-methyl/N-ethyl adjacent to an activating group) is 1. The Morgan fingerprint density at radius 2 is 1.81 bits per heavy atom. The van der Waals surface area contributed by atoms with Crippen molar-refractivity contribution in [3.8, 4) is 5.75 Å². The summed E-state index contributed by atoms with van der Waals surface area (Å²) in [6, 6.07) is 16.5. The number of nitrogens with zero attached hydrogens (tertiary/aromatic N) is 2. The van der Waals surface area contributed by atoms with Crippen LogP contribution >= 0.6 is 0 Å². The molecule has 0 saturated heterocycles. The summed E-state index contributed by atoms with van der Waals surface area (Å²) in [5, 5.41) is 0. The Bertz CT molecular complexity index is 1290. The lowest BCUT2D eigenvalue weighted by Crippen LogP contribution is -2.41. The number of aromatic nitrogens is 2. The van der Waals surface area contributed by atoms with Gasteiger partial charge in [0.05, 0.1) is 31.3 Å². The van der Waals surface area contributed by atoms with Crippen LogP contribution in [-0.4, -0.2) is 36.2 Å². The Hall–Kier alpha value is -4.07. The predicted octanol–water partition coefficient (Wildman–Crippen LogP) is 2.17. The number of ether oxygens (including phenoxy) is 2. The maximum atomic E-state index is 13.1. The number of hydrogen-bond acceptors (Lipinski definition) is 6. The largest absolute Gasteiger partial charge is 0.497 e. The van der Waals surface area contributed by atoms with Gasteiger partial charge in [0.25, 0.3) is 5.56 Å². The monoisotopic (exact) mass is 433 g/mol. The van der Waals surface area contributed by atoms with Crippen LogP contribution in [0.4, 0.5) is 5.82 Å². The number of carbonyl (C=O) groups is 1. The minimum absolute atomic E-state index is 0.0772. The number of H-pyrrole nitrogens is 1. The number of carbonyl (C=O) groups excluding carboxylic acids is 1. The van der Waals surface area contributed by atoms with E-state index in [-0.39, 0.29) is 25.3 Å². The third-order valence-electron chi connectivity index (χ3n) is 5.26. The van der Waals surface area contributed by atoms with Crippen molar-refractivity contribution < 1.29 is 14.3 Å². The van der Waals surface area contributed by atoms with Gasteiger partial charge in [-0.25, -0.2) is 9.59 Å². The first-order chi connectivity index (χ1) is 15.5. The lowest BCUT2D eigenvalue weighted by molar-refractivity contribution is -0.140. The van der Waals surface area contributed by atoms with Crippen molar-refractivity contribution in [1.29, 1.82) is 0 Å². The fraction of sp³-hybridized carbons (Fsp3) is 0.208. The molecule has 1 N–H and O–H groups in total. The highest BCUT2D eigenvalue weighted by atomic mass is 16.5. The first kappa shape index (κ1) is 21.2. The Morgan fingerprint density at radius 1 is 1.06 bits per heavy atom. The molecule has 0 radical (unpaired) electrons. The normalized spacial score (nSPS) is 12.7. The molecule has 0 atom stereocenters. The van der Waals surface area contributed by atoms with E-state index >= 15 is 0 Å². The predicted molar refractivity (Wildman–Crippen MR) is 121 cm³/mol. The number of anilines is 1. The first-order valence-electron chi connectivity index (χ1n) is 10.1. The molecular weight excluding hydrogens is 410 g/mol. The van der Waals surface area contributed by atoms with Crippen LogP contribution in [-0.2, 0) is 22.7 Å². The number of nitrogens with one attached hydrogen (secondary N) is 1. The Morgan fingerprint density at radius 3 is 2.56 bits per heavy atom. The van der Waals surface area contributed by atoms with Crippen LogP contribution < -0.4 is 20.9 Å². The van der Waals surface area contributed by atoms with E-state index in [0.717, 1.165) is 15.7 Å². The van der Waals surface area contributed by atoms with E-state index in [0.29, 0.717) is 17.1 Å². The smallest absolute Gasteiger partial charge is 0.336 e. The number of fused-ring (bicyclic) bond motifs is 1. The van der Waals surface area contributed by atoms with Gasteiger partial charge in [-0.15, -0.1) is 0 Å². The van der Waals surface area contributed by atoms with Crippen LogP contribution in [0, 0.1) is 0 Å². The van der Waals surface area contributed by atoms with Gasteiger partial charge >= 0.3 is 11.7 Å². The number of hydrogen-bond donors (Lipinski definition) is 1. The first-order valence-corrected chi connectivity index (χ1v) is 10.1. The van der Waals surface area contributed by atoms with Gasteiger partial charge in [-0.3, -0.25) is 14.3 Å². The molecule has 0 saturated carbocycles. The van der Waals surface area contributed by atoms with Gasteiger partial charge < -0.3 is 14.4 Å². The van der Waals surface area contributed by atoms with Crippen molar-refractivity contribution in [2.45, 2.75) is 13.2 Å². The molecular formula is C24H23N3O5. The van der Waals surface area contributed by atoms with Crippen molar-refractivity contribution in [3.05, 3.63) is 97.7 Å². The number of rotatable bonds is 6. The molecule has 0 bridgehead atoms. The molecule has 0 fully saturated rings. The minimum atomic E-state index is -0.523. The Labute approximate surface area is 184 Å². The lowest BCUT2D eigenvalue weighted by atomic mass is 10.1. The summed E-state index contributed by atoms with van der Waals surface area (Å²) in [5.74, 6) is 0.534. The fourth-order valence-electron chi connectivity index (χ4n) is 3.60. The van der Waals surface area contributed by atoms with Crippen LogP contribution in [0.25, 0.3) is 6.08 Å². The summed E-state index contributed by atoms with van der Waals surface area (Å²) in [4.78, 5) is 42.8. The summed E-state index contributed by atoms with van der Waals surface area (Å²) in [5.41, 5.74) is 1.24. The molecule has 0 amide bonds. The van der Waals surface area contributed by atoms with Crippen LogP contribution in [0.15, 0.2) is 69.8 Å². The van der Waals surface area contributed by atoms with E-state index in [9.17, 15) is 14.4 Å². The molecule has 0 unspecified atom stereocenters. The van der Waals surface area contributed by atoms with Crippen LogP contribution in [0.3, 0.4) is 0 Å². The maximum absolute atomic E-state index is 13.1. The highest BCUT2D eigenvalue weighted by molar-refractivity contribution is 5.97. The van der Waals surface area contributed by atoms with Gasteiger partial charge in [-0.1, -0.05) is 42.5 Å². The third-order valence-corrected chi connectivity index (χ3v) is 5.26. The van der Waals surface area contributed by atoms with Crippen molar-refractivity contribution in [3.63, 3.8) is 0 Å². The molecule has 8 nitrogen and oxygen atoms in total. The Balaban J connectivity index is 1.60. The van der Waals surface area contributed by atoms with Gasteiger partial charge in [0.2, 0.25) is 0 Å². The second kappa shape index (κ2) is 8.97. The summed E-state index contributed by atoms with van der Waals surface area (Å²) in [6.45, 7) is 0.422. The van der Waals surface area contributed by atoms with E-state index < -0.39 is 17.2 Å². The second-order valence-corrected chi connectivity index (χ2v) is 7.52. The standard InChI is InChI=1S/C24H23N3O5/c1-26-14-18(23(29)32-15-17-9-6-10-19(11-17)31-2)12-20-21(26)25-24(30)27(22(20)28)13-16-7-4-3-5-8-16/h3-12H,13-15H2,1-2H3,(H,25,30). The highest BCUT2D eigenvalue weighted by Gasteiger charge is 2.25. The van der Waals surface area contributed by atoms with E-state index in [4.69, 9.17) is 9.47 Å². The third kappa shape index (κ3) is 4.34. The molecule has 3 aromatic rings. The topological polar surface area (TPSA) is 93.6 Å². The minimum Gasteiger partial charge on any atom is -0.497 e. The number of aromatic amines is 1. The van der Waals surface area contributed by atoms with Crippen LogP contribution in [0.5, 0.6) is 5.75 Å². The number of methoxy groups -OCH3 is 1. The molecule has 1 aromatic heterocycles. The van der Waals surface area contributed by atoms with Crippen molar-refractivity contribution in [2.24, 2.45) is 0 Å². The molecule has 1 aliphatic rings. The molecule has 2 aromatic carbocycles. The van der Waals surface area contributed by atoms with Gasteiger partial charge in [0.1, 0.15) is 18.2 Å². The summed E-state index contributed by atoms with van der Waals surface area (Å²) >= 11 is 0. The second-order valence-electron chi connectivity index (χ2n) is 7.52. The van der Waals surface area contributed by atoms with Crippen LogP contribution in [0.2, 0.25) is 0 Å². The summed E-state index contributed by atoms with van der Waals surface area (Å²) in [7, 11) is 3.28. The molecule has 164 valence electrons. The number of esters is 1. The van der Waals surface area contributed by atoms with Gasteiger partial charge in [0, 0.05) is 7.05 Å². The van der Waals surface area contributed by atoms with Gasteiger partial charge in [-0.05, 0) is 29.3 Å². The molecule has 2 heterocycles. The van der Waals surface area contributed by atoms with E-state index in [1.807, 2.05) is 48.5 Å². The lowest BCUT2D eigenvalue weighted by Gasteiger charge is -2.26. The van der Waals surface area contributed by atoms with Crippen LogP contribution in [0.1, 0.15) is 16.7 Å². The Kier molecular flexibility index (Phi) is 5.93. The van der Waals surface area contributed by atoms with Crippen molar-refractivity contribution in [2.75, 3.05) is 25.6 Å². The molecule has 0 aliphatic carbocycles. The van der Waals surface area contributed by atoms with E-state index in [2.05, 4.69) is 4.98 Å². The zero-order valence-corrected chi connectivity index (χ0v) is 17.8. The zero-order chi connectivity index (χ0) is 22.7. The van der Waals surface area contributed by atoms with E-state index in [1.54, 1.807) is 25.1 Å². The molecule has 4 rings (SSSR count). The maximum Gasteiger partial charge on any atom is 0.336 e. The summed E-state index contributed by atoms with van der Waals surface area (Å²) in [6.07, 6.45) is 1.50. The quantitative estimate of drug-likeness (QED) is 0.599. The molecule has 32 heavy (non-hydrogen) atoms.